The van der Waals surface area contributed by atoms with E-state index in [-0.39, 0.29) is 17.3 Å². The summed E-state index contributed by atoms with van der Waals surface area (Å²) in [6.45, 7) is 0.255. The van der Waals surface area contributed by atoms with Gasteiger partial charge in [-0.15, -0.1) is 0 Å². The third-order valence-corrected chi connectivity index (χ3v) is 5.68. The summed E-state index contributed by atoms with van der Waals surface area (Å²) < 4.78 is 42.1. The highest BCUT2D eigenvalue weighted by Crippen LogP contribution is 2.45. The van der Waals surface area contributed by atoms with Crippen molar-refractivity contribution in [2.45, 2.75) is 0 Å². The number of hydrogen-bond acceptors (Lipinski definition) is 2. The standard InChI is InChI=1S/C14H11BrClFN2O2S/c15-7-8-18-13-3-1-2-4-14(13)19(22(18,20)21)12-6-5-10(16)9-11(12)17/h1-6,9H,7-8H2. The molecule has 116 valence electrons. The van der Waals surface area contributed by atoms with Crippen LogP contribution in [0.15, 0.2) is 42.5 Å². The summed E-state index contributed by atoms with van der Waals surface area (Å²) in [7, 11) is -3.88. The fraction of sp³-hybridized carbons (Fsp3) is 0.143. The Kier molecular flexibility index (Phi) is 4.05. The zero-order chi connectivity index (χ0) is 15.9. The van der Waals surface area contributed by atoms with Gasteiger partial charge < -0.3 is 0 Å². The molecule has 0 amide bonds. The summed E-state index contributed by atoms with van der Waals surface area (Å²) in [5.41, 5.74) is 0.898. The molecule has 0 fully saturated rings. The van der Waals surface area contributed by atoms with Crippen molar-refractivity contribution in [2.24, 2.45) is 0 Å². The molecule has 1 heterocycles. The van der Waals surface area contributed by atoms with Gasteiger partial charge in [0.15, 0.2) is 0 Å². The molecule has 2 aromatic carbocycles. The van der Waals surface area contributed by atoms with Crippen LogP contribution in [-0.2, 0) is 10.2 Å². The predicted octanol–water partition coefficient (Wildman–Crippen LogP) is 4.08. The topological polar surface area (TPSA) is 40.6 Å². The Morgan fingerprint density at radius 3 is 2.41 bits per heavy atom. The average Bonchev–Trinajstić information content (AvgIpc) is 2.68. The first-order chi connectivity index (χ1) is 10.5. The van der Waals surface area contributed by atoms with Crippen LogP contribution >= 0.6 is 27.5 Å². The Balaban J connectivity index is 2.23. The Bertz CT molecular complexity index is 831. The number of anilines is 3. The molecule has 0 aromatic heterocycles. The van der Waals surface area contributed by atoms with Crippen molar-refractivity contribution < 1.29 is 12.8 Å². The number of fused-ring (bicyclic) bond motifs is 1. The van der Waals surface area contributed by atoms with Gasteiger partial charge in [0.2, 0.25) is 0 Å². The Morgan fingerprint density at radius 2 is 1.77 bits per heavy atom. The molecule has 2 aromatic rings. The molecule has 0 radical (unpaired) electrons. The van der Waals surface area contributed by atoms with E-state index in [4.69, 9.17) is 11.6 Å². The molecule has 0 spiro atoms. The molecule has 1 aliphatic rings. The number of para-hydroxylation sites is 2. The predicted molar refractivity (Wildman–Crippen MR) is 90.1 cm³/mol. The summed E-state index contributed by atoms with van der Waals surface area (Å²) in [4.78, 5) is 0. The molecule has 3 rings (SSSR count). The first-order valence-electron chi connectivity index (χ1n) is 6.40. The van der Waals surface area contributed by atoms with Crippen LogP contribution < -0.4 is 8.61 Å². The fourth-order valence-corrected chi connectivity index (χ4v) is 4.88. The number of hydrogen-bond donors (Lipinski definition) is 0. The molecule has 0 saturated carbocycles. The highest BCUT2D eigenvalue weighted by Gasteiger charge is 2.41. The van der Waals surface area contributed by atoms with Crippen LogP contribution in [0.5, 0.6) is 0 Å². The number of alkyl halides is 1. The van der Waals surface area contributed by atoms with Crippen LogP contribution in [0.25, 0.3) is 0 Å². The SMILES string of the molecule is O=S1(=O)N(CCBr)c2ccccc2N1c1ccc(Cl)cc1F. The number of halogens is 3. The van der Waals surface area contributed by atoms with E-state index in [1.807, 2.05) is 0 Å². The van der Waals surface area contributed by atoms with Gasteiger partial charge in [-0.25, -0.2) is 8.70 Å². The van der Waals surface area contributed by atoms with Crippen LogP contribution in [-0.4, -0.2) is 20.3 Å². The van der Waals surface area contributed by atoms with Gasteiger partial charge in [0.1, 0.15) is 5.82 Å². The Morgan fingerprint density at radius 1 is 1.09 bits per heavy atom. The van der Waals surface area contributed by atoms with Gasteiger partial charge in [0.05, 0.1) is 17.1 Å². The maximum Gasteiger partial charge on any atom is 0.331 e. The summed E-state index contributed by atoms with van der Waals surface area (Å²) in [5, 5.41) is 0.681. The second-order valence-corrected chi connectivity index (χ2v) is 7.55. The van der Waals surface area contributed by atoms with Gasteiger partial charge in [-0.1, -0.05) is 39.7 Å². The van der Waals surface area contributed by atoms with E-state index >= 15 is 0 Å². The van der Waals surface area contributed by atoms with E-state index in [2.05, 4.69) is 15.9 Å². The molecule has 0 bridgehead atoms. The number of benzene rings is 2. The lowest BCUT2D eigenvalue weighted by atomic mass is 10.2. The van der Waals surface area contributed by atoms with Crippen molar-refractivity contribution in [1.82, 2.24) is 0 Å². The van der Waals surface area contributed by atoms with Crippen molar-refractivity contribution in [3.05, 3.63) is 53.3 Å². The van der Waals surface area contributed by atoms with Gasteiger partial charge in [0, 0.05) is 16.9 Å². The van der Waals surface area contributed by atoms with Gasteiger partial charge >= 0.3 is 10.2 Å². The monoisotopic (exact) mass is 404 g/mol. The molecular formula is C14H11BrClFN2O2S. The minimum Gasteiger partial charge on any atom is -0.250 e. The summed E-state index contributed by atoms with van der Waals surface area (Å²) in [5.74, 6) is -0.688. The fourth-order valence-electron chi connectivity index (χ4n) is 2.41. The maximum atomic E-state index is 14.2. The zero-order valence-electron chi connectivity index (χ0n) is 11.2. The van der Waals surface area contributed by atoms with Crippen LogP contribution in [0, 0.1) is 5.82 Å². The average molecular weight is 406 g/mol. The highest BCUT2D eigenvalue weighted by atomic mass is 79.9. The van der Waals surface area contributed by atoms with Crippen molar-refractivity contribution in [2.75, 3.05) is 20.5 Å². The lowest BCUT2D eigenvalue weighted by molar-refractivity contribution is 0.591. The van der Waals surface area contributed by atoms with Crippen LogP contribution in [0.3, 0.4) is 0 Å². The first kappa shape index (κ1) is 15.6. The van der Waals surface area contributed by atoms with E-state index < -0.39 is 16.0 Å². The summed E-state index contributed by atoms with van der Waals surface area (Å²) in [6, 6.07) is 10.7. The van der Waals surface area contributed by atoms with E-state index in [1.54, 1.807) is 24.3 Å². The van der Waals surface area contributed by atoms with Crippen LogP contribution in [0.1, 0.15) is 0 Å². The Hall–Kier alpha value is -1.31. The second kappa shape index (κ2) is 5.72. The molecule has 22 heavy (non-hydrogen) atoms. The second-order valence-electron chi connectivity index (χ2n) is 4.62. The molecule has 0 aliphatic carbocycles. The molecule has 0 atom stereocenters. The van der Waals surface area contributed by atoms with E-state index in [0.717, 1.165) is 10.4 Å². The molecule has 0 unspecified atom stereocenters. The molecule has 4 nitrogen and oxygen atoms in total. The largest absolute Gasteiger partial charge is 0.331 e. The molecule has 0 saturated heterocycles. The van der Waals surface area contributed by atoms with E-state index in [1.165, 1.54) is 16.4 Å². The highest BCUT2D eigenvalue weighted by molar-refractivity contribution is 9.09. The van der Waals surface area contributed by atoms with Crippen molar-refractivity contribution >= 4 is 54.8 Å². The number of nitrogens with zero attached hydrogens (tertiary/aromatic N) is 2. The minimum absolute atomic E-state index is 0.0473. The lowest BCUT2D eigenvalue weighted by Crippen LogP contribution is -2.36. The molecule has 0 N–H and O–H groups in total. The first-order valence-corrected chi connectivity index (χ1v) is 9.29. The zero-order valence-corrected chi connectivity index (χ0v) is 14.4. The van der Waals surface area contributed by atoms with Crippen LogP contribution in [0.4, 0.5) is 21.5 Å². The Labute approximate surface area is 141 Å². The van der Waals surface area contributed by atoms with Crippen molar-refractivity contribution in [3.63, 3.8) is 0 Å². The summed E-state index contributed by atoms with van der Waals surface area (Å²) in [6.07, 6.45) is 0. The van der Waals surface area contributed by atoms with Crippen molar-refractivity contribution in [3.8, 4) is 0 Å². The van der Waals surface area contributed by atoms with Gasteiger partial charge in [-0.2, -0.15) is 8.42 Å². The third kappa shape index (κ3) is 2.37. The van der Waals surface area contributed by atoms with Gasteiger partial charge in [-0.05, 0) is 30.3 Å². The molecule has 1 aliphatic heterocycles. The smallest absolute Gasteiger partial charge is 0.250 e. The normalized spacial score (nSPS) is 16.0. The van der Waals surface area contributed by atoms with Gasteiger partial charge in [-0.3, -0.25) is 4.31 Å². The van der Waals surface area contributed by atoms with E-state index in [9.17, 15) is 12.8 Å². The molecule has 8 heteroatoms. The quantitative estimate of drug-likeness (QED) is 0.722. The minimum atomic E-state index is -3.88. The van der Waals surface area contributed by atoms with E-state index in [0.29, 0.717) is 16.7 Å². The lowest BCUT2D eigenvalue weighted by Gasteiger charge is -2.21. The number of rotatable bonds is 3. The third-order valence-electron chi connectivity index (χ3n) is 3.29. The molecular weight excluding hydrogens is 395 g/mol. The summed E-state index contributed by atoms with van der Waals surface area (Å²) >= 11 is 9.00. The maximum absolute atomic E-state index is 14.2. The van der Waals surface area contributed by atoms with Gasteiger partial charge in [0.25, 0.3) is 0 Å². The van der Waals surface area contributed by atoms with Crippen LogP contribution in [0.2, 0.25) is 5.02 Å². The van der Waals surface area contributed by atoms with Crippen molar-refractivity contribution in [1.29, 1.82) is 0 Å².